The predicted molar refractivity (Wildman–Crippen MR) is 76.8 cm³/mol. The highest BCUT2D eigenvalue weighted by molar-refractivity contribution is 7.92. The fourth-order valence-corrected chi connectivity index (χ4v) is 3.60. The van der Waals surface area contributed by atoms with Crippen LogP contribution in [-0.2, 0) is 14.6 Å². The minimum atomic E-state index is -3.25. The van der Waals surface area contributed by atoms with Gasteiger partial charge in [0.15, 0.2) is 9.84 Å². The minimum Gasteiger partial charge on any atom is -0.351 e. The van der Waals surface area contributed by atoms with Crippen LogP contribution in [0.2, 0.25) is 0 Å². The van der Waals surface area contributed by atoms with Gasteiger partial charge >= 0.3 is 0 Å². The summed E-state index contributed by atoms with van der Waals surface area (Å²) in [5.74, 6) is -0.621. The van der Waals surface area contributed by atoms with E-state index in [1.807, 2.05) is 13.8 Å². The standard InChI is InChI=1S/C13H26N2O3S/c1-3-4-5-9-19(17,18)10-13(16)15-12-7-6-8-14-11(12)2/h11-12,14H,3-10H2,1-2H3,(H,15,16). The number of amides is 1. The van der Waals surface area contributed by atoms with Crippen molar-refractivity contribution in [2.24, 2.45) is 0 Å². The van der Waals surface area contributed by atoms with Crippen LogP contribution in [0.3, 0.4) is 0 Å². The number of piperidine rings is 1. The molecule has 1 aliphatic heterocycles. The maximum Gasteiger partial charge on any atom is 0.235 e. The zero-order chi connectivity index (χ0) is 14.3. The van der Waals surface area contributed by atoms with Crippen LogP contribution in [0.25, 0.3) is 0 Å². The summed E-state index contributed by atoms with van der Waals surface area (Å²) in [4.78, 5) is 11.8. The monoisotopic (exact) mass is 290 g/mol. The molecule has 1 aliphatic rings. The molecule has 0 radical (unpaired) electrons. The van der Waals surface area contributed by atoms with Gasteiger partial charge < -0.3 is 10.6 Å². The van der Waals surface area contributed by atoms with Gasteiger partial charge in [0, 0.05) is 12.1 Å². The molecule has 0 bridgehead atoms. The van der Waals surface area contributed by atoms with E-state index < -0.39 is 9.84 Å². The van der Waals surface area contributed by atoms with Crippen molar-refractivity contribution in [1.29, 1.82) is 0 Å². The molecule has 0 aromatic carbocycles. The van der Waals surface area contributed by atoms with Crippen LogP contribution in [0.5, 0.6) is 0 Å². The number of hydrogen-bond acceptors (Lipinski definition) is 4. The summed E-state index contributed by atoms with van der Waals surface area (Å²) in [5.41, 5.74) is 0. The Bertz CT molecular complexity index is 381. The molecule has 2 unspecified atom stereocenters. The van der Waals surface area contributed by atoms with Crippen molar-refractivity contribution in [3.05, 3.63) is 0 Å². The van der Waals surface area contributed by atoms with Gasteiger partial charge in [-0.05, 0) is 32.7 Å². The topological polar surface area (TPSA) is 75.3 Å². The van der Waals surface area contributed by atoms with Crippen LogP contribution < -0.4 is 10.6 Å². The lowest BCUT2D eigenvalue weighted by Crippen LogP contribution is -2.52. The van der Waals surface area contributed by atoms with Gasteiger partial charge in [0.05, 0.1) is 5.75 Å². The Morgan fingerprint density at radius 2 is 2.11 bits per heavy atom. The van der Waals surface area contributed by atoms with Crippen LogP contribution in [-0.4, -0.2) is 44.5 Å². The molecule has 2 N–H and O–H groups in total. The number of carbonyl (C=O) groups is 1. The summed E-state index contributed by atoms with van der Waals surface area (Å²) in [6.07, 6.45) is 4.44. The molecule has 5 nitrogen and oxygen atoms in total. The van der Waals surface area contributed by atoms with Gasteiger partial charge in [-0.1, -0.05) is 19.8 Å². The first-order valence-electron chi connectivity index (χ1n) is 7.18. The Labute approximate surface area is 116 Å². The van der Waals surface area contributed by atoms with Crippen LogP contribution in [0.4, 0.5) is 0 Å². The molecule has 1 fully saturated rings. The van der Waals surface area contributed by atoms with Crippen LogP contribution in [0, 0.1) is 0 Å². The highest BCUT2D eigenvalue weighted by atomic mass is 32.2. The van der Waals surface area contributed by atoms with Crippen LogP contribution in [0.1, 0.15) is 46.0 Å². The maximum atomic E-state index is 11.8. The number of carbonyl (C=O) groups excluding carboxylic acids is 1. The highest BCUT2D eigenvalue weighted by Crippen LogP contribution is 2.08. The number of rotatable bonds is 7. The lowest BCUT2D eigenvalue weighted by atomic mass is 10.00. The summed E-state index contributed by atoms with van der Waals surface area (Å²) in [7, 11) is -3.25. The summed E-state index contributed by atoms with van der Waals surface area (Å²) in [6.45, 7) is 5.00. The first kappa shape index (κ1) is 16.4. The van der Waals surface area contributed by atoms with Crippen molar-refractivity contribution in [3.8, 4) is 0 Å². The Balaban J connectivity index is 2.37. The van der Waals surface area contributed by atoms with Gasteiger partial charge in [0.25, 0.3) is 0 Å². The van der Waals surface area contributed by atoms with E-state index in [1.165, 1.54) is 0 Å². The van der Waals surface area contributed by atoms with E-state index in [1.54, 1.807) is 0 Å². The Morgan fingerprint density at radius 3 is 2.74 bits per heavy atom. The SMILES string of the molecule is CCCCCS(=O)(=O)CC(=O)NC1CCCNC1C. The smallest absolute Gasteiger partial charge is 0.235 e. The van der Waals surface area contributed by atoms with E-state index in [4.69, 9.17) is 0 Å². The van der Waals surface area contributed by atoms with E-state index in [0.29, 0.717) is 6.42 Å². The van der Waals surface area contributed by atoms with Crippen LogP contribution >= 0.6 is 0 Å². The molecule has 1 saturated heterocycles. The van der Waals surface area contributed by atoms with E-state index in [2.05, 4.69) is 10.6 Å². The molecule has 0 aliphatic carbocycles. The van der Waals surface area contributed by atoms with Crippen molar-refractivity contribution in [2.45, 2.75) is 58.0 Å². The van der Waals surface area contributed by atoms with Crippen molar-refractivity contribution in [1.82, 2.24) is 10.6 Å². The van der Waals surface area contributed by atoms with Crippen molar-refractivity contribution in [3.63, 3.8) is 0 Å². The first-order chi connectivity index (χ1) is 8.94. The highest BCUT2D eigenvalue weighted by Gasteiger charge is 2.24. The molecule has 1 rings (SSSR count). The minimum absolute atomic E-state index is 0.0482. The second-order valence-corrected chi connectivity index (χ2v) is 7.54. The van der Waals surface area contributed by atoms with E-state index >= 15 is 0 Å². The zero-order valence-electron chi connectivity index (χ0n) is 11.9. The Morgan fingerprint density at radius 1 is 1.37 bits per heavy atom. The first-order valence-corrected chi connectivity index (χ1v) is 9.00. The number of sulfone groups is 1. The van der Waals surface area contributed by atoms with Gasteiger partial charge in [0.2, 0.25) is 5.91 Å². The maximum absolute atomic E-state index is 11.8. The van der Waals surface area contributed by atoms with Gasteiger partial charge in [-0.25, -0.2) is 8.42 Å². The number of hydrogen-bond donors (Lipinski definition) is 2. The molecule has 1 heterocycles. The zero-order valence-corrected chi connectivity index (χ0v) is 12.8. The lowest BCUT2D eigenvalue weighted by molar-refractivity contribution is -0.119. The summed E-state index contributed by atoms with van der Waals surface area (Å²) < 4.78 is 23.5. The number of unbranched alkanes of at least 4 members (excludes halogenated alkanes) is 2. The molecule has 19 heavy (non-hydrogen) atoms. The molecule has 0 aromatic heterocycles. The number of nitrogens with one attached hydrogen (secondary N) is 2. The van der Waals surface area contributed by atoms with Gasteiger partial charge in [-0.3, -0.25) is 4.79 Å². The molecule has 6 heteroatoms. The molecule has 112 valence electrons. The molecule has 1 amide bonds. The average Bonchev–Trinajstić information content (AvgIpc) is 2.31. The molecular weight excluding hydrogens is 264 g/mol. The third-order valence-corrected chi connectivity index (χ3v) is 5.13. The van der Waals surface area contributed by atoms with E-state index in [0.717, 1.165) is 32.2 Å². The third kappa shape index (κ3) is 6.38. The van der Waals surface area contributed by atoms with Crippen molar-refractivity contribution < 1.29 is 13.2 Å². The summed E-state index contributed by atoms with van der Waals surface area (Å²) >= 11 is 0. The fraction of sp³-hybridized carbons (Fsp3) is 0.923. The normalized spacial score (nSPS) is 24.1. The fourth-order valence-electron chi connectivity index (χ4n) is 2.33. The summed E-state index contributed by atoms with van der Waals surface area (Å²) in [6, 6.07) is 0.257. The second kappa shape index (κ2) is 7.85. The third-order valence-electron chi connectivity index (χ3n) is 3.52. The lowest BCUT2D eigenvalue weighted by Gasteiger charge is -2.30. The Hall–Kier alpha value is -0.620. The van der Waals surface area contributed by atoms with E-state index in [9.17, 15) is 13.2 Å². The van der Waals surface area contributed by atoms with E-state index in [-0.39, 0.29) is 29.5 Å². The Kier molecular flexibility index (Phi) is 6.79. The van der Waals surface area contributed by atoms with Gasteiger partial charge in [-0.2, -0.15) is 0 Å². The average molecular weight is 290 g/mol. The molecule has 0 aromatic rings. The largest absolute Gasteiger partial charge is 0.351 e. The van der Waals surface area contributed by atoms with Crippen molar-refractivity contribution >= 4 is 15.7 Å². The quantitative estimate of drug-likeness (QED) is 0.682. The van der Waals surface area contributed by atoms with Crippen molar-refractivity contribution in [2.75, 3.05) is 18.1 Å². The second-order valence-electron chi connectivity index (χ2n) is 5.36. The molecule has 0 saturated carbocycles. The van der Waals surface area contributed by atoms with Gasteiger partial charge in [0.1, 0.15) is 5.75 Å². The molecule has 0 spiro atoms. The van der Waals surface area contributed by atoms with Crippen LogP contribution in [0.15, 0.2) is 0 Å². The van der Waals surface area contributed by atoms with Gasteiger partial charge in [-0.15, -0.1) is 0 Å². The predicted octanol–water partition coefficient (Wildman–Crippen LogP) is 0.848. The molecule has 2 atom stereocenters. The summed E-state index contributed by atoms with van der Waals surface area (Å²) in [5, 5.41) is 6.11. The molecular formula is C13H26N2O3S.